The summed E-state index contributed by atoms with van der Waals surface area (Å²) in [6, 6.07) is 12.9. The molecule has 0 amide bonds. The summed E-state index contributed by atoms with van der Waals surface area (Å²) >= 11 is 3.38. The second-order valence-electron chi connectivity index (χ2n) is 4.07. The highest BCUT2D eigenvalue weighted by Crippen LogP contribution is 2.33. The SMILES string of the molecule is COc1cccc(C(O)c2ccc(Br)cc2OC)c1. The van der Waals surface area contributed by atoms with E-state index in [2.05, 4.69) is 15.9 Å². The number of hydrogen-bond donors (Lipinski definition) is 1. The van der Waals surface area contributed by atoms with Gasteiger partial charge >= 0.3 is 0 Å². The van der Waals surface area contributed by atoms with Gasteiger partial charge < -0.3 is 14.6 Å². The van der Waals surface area contributed by atoms with Crippen LogP contribution in [0.5, 0.6) is 11.5 Å². The zero-order chi connectivity index (χ0) is 13.8. The van der Waals surface area contributed by atoms with E-state index in [1.807, 2.05) is 42.5 Å². The van der Waals surface area contributed by atoms with Crippen LogP contribution in [-0.2, 0) is 0 Å². The fourth-order valence-corrected chi connectivity index (χ4v) is 2.24. The minimum absolute atomic E-state index is 0.643. The van der Waals surface area contributed by atoms with Gasteiger partial charge in [-0.3, -0.25) is 0 Å². The molecule has 0 fully saturated rings. The van der Waals surface area contributed by atoms with Gasteiger partial charge in [-0.25, -0.2) is 0 Å². The van der Waals surface area contributed by atoms with E-state index in [1.54, 1.807) is 14.2 Å². The van der Waals surface area contributed by atoms with Gasteiger partial charge in [-0.1, -0.05) is 34.1 Å². The molecule has 0 aromatic heterocycles. The van der Waals surface area contributed by atoms with Gasteiger partial charge in [0, 0.05) is 10.0 Å². The van der Waals surface area contributed by atoms with Gasteiger partial charge in [-0.15, -0.1) is 0 Å². The number of aliphatic hydroxyl groups excluding tert-OH is 1. The highest BCUT2D eigenvalue weighted by Gasteiger charge is 2.16. The molecule has 2 rings (SSSR count). The summed E-state index contributed by atoms with van der Waals surface area (Å²) in [5, 5.41) is 10.5. The molecule has 0 aliphatic rings. The van der Waals surface area contributed by atoms with E-state index < -0.39 is 6.10 Å². The van der Waals surface area contributed by atoms with Crippen LogP contribution < -0.4 is 9.47 Å². The Morgan fingerprint density at radius 2 is 1.84 bits per heavy atom. The second kappa shape index (κ2) is 6.08. The summed E-state index contributed by atoms with van der Waals surface area (Å²) in [5.41, 5.74) is 1.49. The Balaban J connectivity index is 2.40. The molecule has 2 aromatic rings. The number of rotatable bonds is 4. The Morgan fingerprint density at radius 3 is 2.53 bits per heavy atom. The van der Waals surface area contributed by atoms with E-state index in [4.69, 9.17) is 9.47 Å². The lowest BCUT2D eigenvalue weighted by Crippen LogP contribution is -2.02. The summed E-state index contributed by atoms with van der Waals surface area (Å²) in [6.07, 6.45) is -0.752. The molecule has 0 radical (unpaired) electrons. The van der Waals surface area contributed by atoms with Gasteiger partial charge in [0.2, 0.25) is 0 Å². The van der Waals surface area contributed by atoms with Crippen molar-refractivity contribution in [1.82, 2.24) is 0 Å². The van der Waals surface area contributed by atoms with Crippen LogP contribution in [0.3, 0.4) is 0 Å². The van der Waals surface area contributed by atoms with E-state index in [-0.39, 0.29) is 0 Å². The third-order valence-electron chi connectivity index (χ3n) is 2.90. The molecule has 0 bridgehead atoms. The van der Waals surface area contributed by atoms with Crippen molar-refractivity contribution < 1.29 is 14.6 Å². The molecule has 0 aliphatic carbocycles. The predicted octanol–water partition coefficient (Wildman–Crippen LogP) is 3.55. The molecule has 100 valence electrons. The lowest BCUT2D eigenvalue weighted by atomic mass is 10.0. The first-order valence-corrected chi connectivity index (χ1v) is 6.60. The molecular weight excluding hydrogens is 308 g/mol. The Hall–Kier alpha value is -1.52. The van der Waals surface area contributed by atoms with Crippen molar-refractivity contribution in [2.45, 2.75) is 6.10 Å². The first-order chi connectivity index (χ1) is 9.15. The van der Waals surface area contributed by atoms with Crippen molar-refractivity contribution in [3.63, 3.8) is 0 Å². The minimum Gasteiger partial charge on any atom is -0.497 e. The number of ether oxygens (including phenoxy) is 2. The van der Waals surface area contributed by atoms with E-state index >= 15 is 0 Å². The smallest absolute Gasteiger partial charge is 0.126 e. The van der Waals surface area contributed by atoms with Crippen LogP contribution >= 0.6 is 15.9 Å². The molecule has 0 aliphatic heterocycles. The number of halogens is 1. The summed E-state index contributed by atoms with van der Waals surface area (Å²) in [5.74, 6) is 1.36. The zero-order valence-corrected chi connectivity index (χ0v) is 12.3. The average Bonchev–Trinajstić information content (AvgIpc) is 2.46. The van der Waals surface area contributed by atoms with Crippen molar-refractivity contribution in [2.24, 2.45) is 0 Å². The summed E-state index contributed by atoms with van der Waals surface area (Å²) in [6.45, 7) is 0. The fourth-order valence-electron chi connectivity index (χ4n) is 1.90. The molecule has 4 heteroatoms. The lowest BCUT2D eigenvalue weighted by Gasteiger charge is -2.16. The minimum atomic E-state index is -0.752. The molecule has 2 aromatic carbocycles. The van der Waals surface area contributed by atoms with Crippen LogP contribution in [0, 0.1) is 0 Å². The fraction of sp³-hybridized carbons (Fsp3) is 0.200. The number of hydrogen-bond acceptors (Lipinski definition) is 3. The summed E-state index contributed by atoms with van der Waals surface area (Å²) < 4.78 is 11.4. The van der Waals surface area contributed by atoms with Crippen molar-refractivity contribution in [1.29, 1.82) is 0 Å². The van der Waals surface area contributed by atoms with Gasteiger partial charge in [0.15, 0.2) is 0 Å². The van der Waals surface area contributed by atoms with Gasteiger partial charge in [0.05, 0.1) is 14.2 Å². The van der Waals surface area contributed by atoms with E-state index in [1.165, 1.54) is 0 Å². The topological polar surface area (TPSA) is 38.7 Å². The van der Waals surface area contributed by atoms with Crippen molar-refractivity contribution in [3.05, 3.63) is 58.1 Å². The third-order valence-corrected chi connectivity index (χ3v) is 3.39. The Kier molecular flexibility index (Phi) is 4.45. The van der Waals surface area contributed by atoms with Gasteiger partial charge in [-0.05, 0) is 29.8 Å². The molecule has 0 saturated carbocycles. The highest BCUT2D eigenvalue weighted by molar-refractivity contribution is 9.10. The molecule has 3 nitrogen and oxygen atoms in total. The van der Waals surface area contributed by atoms with E-state index in [0.29, 0.717) is 11.5 Å². The maximum absolute atomic E-state index is 10.5. The summed E-state index contributed by atoms with van der Waals surface area (Å²) in [4.78, 5) is 0. The van der Waals surface area contributed by atoms with E-state index in [0.717, 1.165) is 15.6 Å². The van der Waals surface area contributed by atoms with E-state index in [9.17, 15) is 5.11 Å². The first kappa shape index (κ1) is 13.9. The quantitative estimate of drug-likeness (QED) is 0.935. The summed E-state index contributed by atoms with van der Waals surface area (Å²) in [7, 11) is 3.19. The molecule has 19 heavy (non-hydrogen) atoms. The molecular formula is C15H15BrO3. The second-order valence-corrected chi connectivity index (χ2v) is 4.98. The highest BCUT2D eigenvalue weighted by atomic mass is 79.9. The number of methoxy groups -OCH3 is 2. The first-order valence-electron chi connectivity index (χ1n) is 5.81. The zero-order valence-electron chi connectivity index (χ0n) is 10.8. The monoisotopic (exact) mass is 322 g/mol. The number of benzene rings is 2. The average molecular weight is 323 g/mol. The normalized spacial score (nSPS) is 12.0. The molecule has 0 spiro atoms. The largest absolute Gasteiger partial charge is 0.497 e. The standard InChI is InChI=1S/C15H15BrO3/c1-18-12-5-3-4-10(8-12)15(17)13-7-6-11(16)9-14(13)19-2/h3-9,15,17H,1-2H3. The maximum atomic E-state index is 10.5. The van der Waals surface area contributed by atoms with Crippen molar-refractivity contribution in [2.75, 3.05) is 14.2 Å². The van der Waals surface area contributed by atoms with Crippen LogP contribution in [-0.4, -0.2) is 19.3 Å². The van der Waals surface area contributed by atoms with Crippen LogP contribution in [0.4, 0.5) is 0 Å². The maximum Gasteiger partial charge on any atom is 0.126 e. The van der Waals surface area contributed by atoms with Crippen LogP contribution in [0.1, 0.15) is 17.2 Å². The predicted molar refractivity (Wildman–Crippen MR) is 77.7 cm³/mol. The Labute approximate surface area is 120 Å². The molecule has 1 N–H and O–H groups in total. The molecule has 1 atom stereocenters. The van der Waals surface area contributed by atoms with Gasteiger partial charge in [0.25, 0.3) is 0 Å². The van der Waals surface area contributed by atoms with Crippen LogP contribution in [0.25, 0.3) is 0 Å². The molecule has 0 heterocycles. The molecule has 0 saturated heterocycles. The van der Waals surface area contributed by atoms with Crippen molar-refractivity contribution >= 4 is 15.9 Å². The van der Waals surface area contributed by atoms with Gasteiger partial charge in [0.1, 0.15) is 17.6 Å². The molecule has 1 unspecified atom stereocenters. The van der Waals surface area contributed by atoms with Crippen LogP contribution in [0.15, 0.2) is 46.9 Å². The van der Waals surface area contributed by atoms with Gasteiger partial charge in [-0.2, -0.15) is 0 Å². The Bertz CT molecular complexity index is 569. The third kappa shape index (κ3) is 3.08. The van der Waals surface area contributed by atoms with Crippen molar-refractivity contribution in [3.8, 4) is 11.5 Å². The Morgan fingerprint density at radius 1 is 1.05 bits per heavy atom. The number of aliphatic hydroxyl groups is 1. The lowest BCUT2D eigenvalue weighted by molar-refractivity contribution is 0.214. The van der Waals surface area contributed by atoms with Crippen LogP contribution in [0.2, 0.25) is 0 Å².